The molecular weight excluding hydrogens is 315 g/mol. The van der Waals surface area contributed by atoms with Crippen LogP contribution >= 0.6 is 0 Å². The third kappa shape index (κ3) is 2.20. The van der Waals surface area contributed by atoms with E-state index in [9.17, 15) is 9.18 Å². The second kappa shape index (κ2) is 5.58. The zero-order valence-electron chi connectivity index (χ0n) is 14.1. The molecule has 3 nitrogen and oxygen atoms in total. The van der Waals surface area contributed by atoms with E-state index < -0.39 is 0 Å². The van der Waals surface area contributed by atoms with Gasteiger partial charge in [0.1, 0.15) is 5.82 Å². The molecule has 1 amide bonds. The largest absolute Gasteiger partial charge is 0.363 e. The first-order valence-electron chi connectivity index (χ1n) is 9.16. The number of anilines is 1. The number of hydrogen-bond donors (Lipinski definition) is 0. The zero-order valence-corrected chi connectivity index (χ0v) is 14.1. The minimum Gasteiger partial charge on any atom is -0.363 e. The number of carbonyl (C=O) groups is 1. The van der Waals surface area contributed by atoms with Gasteiger partial charge in [-0.05, 0) is 36.5 Å². The Hall–Kier alpha value is -2.36. The number of halogens is 1. The number of hydrogen-bond acceptors (Lipinski definition) is 2. The van der Waals surface area contributed by atoms with Crippen LogP contribution in [0.2, 0.25) is 0 Å². The van der Waals surface area contributed by atoms with Crippen molar-refractivity contribution < 1.29 is 9.18 Å². The molecule has 128 valence electrons. The SMILES string of the molecule is O=C1CCCN1C1CC(c2ccccc2F)N2CCc3cccc1c32. The van der Waals surface area contributed by atoms with Gasteiger partial charge in [-0.1, -0.05) is 36.4 Å². The number of carbonyl (C=O) groups excluding carboxylic acids is 1. The molecule has 3 aliphatic heterocycles. The van der Waals surface area contributed by atoms with E-state index in [0.29, 0.717) is 6.42 Å². The Morgan fingerprint density at radius 1 is 0.880 bits per heavy atom. The number of rotatable bonds is 2. The maximum Gasteiger partial charge on any atom is 0.223 e. The van der Waals surface area contributed by atoms with Gasteiger partial charge in [0.05, 0.1) is 12.1 Å². The highest BCUT2D eigenvalue weighted by Crippen LogP contribution is 2.51. The molecule has 0 N–H and O–H groups in total. The molecule has 0 bridgehead atoms. The monoisotopic (exact) mass is 336 g/mol. The van der Waals surface area contributed by atoms with Crippen LogP contribution in [0, 0.1) is 5.82 Å². The number of para-hydroxylation sites is 1. The second-order valence-corrected chi connectivity index (χ2v) is 7.28. The van der Waals surface area contributed by atoms with Crippen molar-refractivity contribution >= 4 is 11.6 Å². The lowest BCUT2D eigenvalue weighted by molar-refractivity contribution is -0.130. The molecule has 2 unspecified atom stereocenters. The summed E-state index contributed by atoms with van der Waals surface area (Å²) < 4.78 is 14.6. The van der Waals surface area contributed by atoms with Gasteiger partial charge in [-0.15, -0.1) is 0 Å². The van der Waals surface area contributed by atoms with E-state index in [0.717, 1.165) is 37.9 Å². The van der Waals surface area contributed by atoms with Gasteiger partial charge in [0.2, 0.25) is 5.91 Å². The van der Waals surface area contributed by atoms with Crippen molar-refractivity contribution in [3.63, 3.8) is 0 Å². The molecule has 0 aromatic heterocycles. The Kier molecular flexibility index (Phi) is 3.34. The van der Waals surface area contributed by atoms with E-state index in [4.69, 9.17) is 0 Å². The summed E-state index contributed by atoms with van der Waals surface area (Å²) in [6, 6.07) is 13.6. The van der Waals surface area contributed by atoms with Crippen LogP contribution in [0.25, 0.3) is 0 Å². The summed E-state index contributed by atoms with van der Waals surface area (Å²) in [7, 11) is 0. The Bertz CT molecular complexity index is 850. The van der Waals surface area contributed by atoms with Crippen molar-refractivity contribution in [3.05, 3.63) is 65.0 Å². The van der Waals surface area contributed by atoms with Crippen molar-refractivity contribution in [3.8, 4) is 0 Å². The quantitative estimate of drug-likeness (QED) is 0.828. The Morgan fingerprint density at radius 3 is 2.48 bits per heavy atom. The summed E-state index contributed by atoms with van der Waals surface area (Å²) in [6.45, 7) is 1.74. The van der Waals surface area contributed by atoms with Crippen molar-refractivity contribution in [2.24, 2.45) is 0 Å². The first-order valence-corrected chi connectivity index (χ1v) is 9.16. The Balaban J connectivity index is 1.65. The van der Waals surface area contributed by atoms with Crippen molar-refractivity contribution in [1.29, 1.82) is 0 Å². The Labute approximate surface area is 147 Å². The van der Waals surface area contributed by atoms with Crippen LogP contribution in [0.3, 0.4) is 0 Å². The van der Waals surface area contributed by atoms with Gasteiger partial charge in [0.25, 0.3) is 0 Å². The number of nitrogens with zero attached hydrogens (tertiary/aromatic N) is 2. The molecule has 2 atom stereocenters. The number of benzene rings is 2. The third-order valence-electron chi connectivity index (χ3n) is 5.99. The fourth-order valence-corrected chi connectivity index (χ4v) is 4.90. The molecule has 3 aliphatic rings. The standard InChI is InChI=1S/C21H21FN2O/c22-17-8-2-1-6-15(17)18-13-19(23-11-4-9-20(23)25)16-7-3-5-14-10-12-24(18)21(14)16/h1-3,5-8,18-19H,4,9-13H2. The van der Waals surface area contributed by atoms with E-state index in [1.54, 1.807) is 12.1 Å². The molecule has 5 rings (SSSR count). The molecule has 0 saturated carbocycles. The summed E-state index contributed by atoms with van der Waals surface area (Å²) in [5.41, 5.74) is 4.57. The normalized spacial score (nSPS) is 24.8. The average Bonchev–Trinajstić information content (AvgIpc) is 3.24. The first kappa shape index (κ1) is 14.9. The van der Waals surface area contributed by atoms with Crippen LogP contribution in [-0.2, 0) is 11.2 Å². The molecule has 0 spiro atoms. The lowest BCUT2D eigenvalue weighted by Gasteiger charge is -2.43. The average molecular weight is 336 g/mol. The lowest BCUT2D eigenvalue weighted by Crippen LogP contribution is -2.40. The predicted octanol–water partition coefficient (Wildman–Crippen LogP) is 4.00. The number of amides is 1. The molecule has 25 heavy (non-hydrogen) atoms. The molecule has 1 fully saturated rings. The molecule has 3 heterocycles. The van der Waals surface area contributed by atoms with E-state index in [-0.39, 0.29) is 23.8 Å². The Morgan fingerprint density at radius 2 is 1.68 bits per heavy atom. The molecule has 4 heteroatoms. The van der Waals surface area contributed by atoms with Crippen LogP contribution in [0.15, 0.2) is 42.5 Å². The molecule has 2 aromatic carbocycles. The highest BCUT2D eigenvalue weighted by atomic mass is 19.1. The van der Waals surface area contributed by atoms with Gasteiger partial charge in [0.15, 0.2) is 0 Å². The molecule has 2 aromatic rings. The van der Waals surface area contributed by atoms with Gasteiger partial charge >= 0.3 is 0 Å². The van der Waals surface area contributed by atoms with Crippen LogP contribution < -0.4 is 4.90 Å². The smallest absolute Gasteiger partial charge is 0.223 e. The number of likely N-dealkylation sites (tertiary alicyclic amines) is 1. The van der Waals surface area contributed by atoms with Crippen molar-refractivity contribution in [2.75, 3.05) is 18.0 Å². The summed E-state index contributed by atoms with van der Waals surface area (Å²) in [4.78, 5) is 16.8. The zero-order chi connectivity index (χ0) is 17.0. The van der Waals surface area contributed by atoms with Crippen molar-refractivity contribution in [1.82, 2.24) is 4.90 Å². The molecular formula is C21H21FN2O. The minimum absolute atomic E-state index is 0.00394. The van der Waals surface area contributed by atoms with Gasteiger partial charge in [-0.2, -0.15) is 0 Å². The van der Waals surface area contributed by atoms with Crippen molar-refractivity contribution in [2.45, 2.75) is 37.8 Å². The summed E-state index contributed by atoms with van der Waals surface area (Å²) in [5.74, 6) is 0.0909. The van der Waals surface area contributed by atoms with Gasteiger partial charge in [0, 0.05) is 30.8 Å². The lowest BCUT2D eigenvalue weighted by atomic mass is 9.86. The van der Waals surface area contributed by atoms with E-state index in [2.05, 4.69) is 23.1 Å². The van der Waals surface area contributed by atoms with Crippen LogP contribution in [0.1, 0.15) is 48.0 Å². The predicted molar refractivity (Wildman–Crippen MR) is 94.9 cm³/mol. The van der Waals surface area contributed by atoms with E-state index in [1.165, 1.54) is 16.8 Å². The fraction of sp³-hybridized carbons (Fsp3) is 0.381. The summed E-state index contributed by atoms with van der Waals surface area (Å²) in [5, 5.41) is 0. The second-order valence-electron chi connectivity index (χ2n) is 7.28. The first-order chi connectivity index (χ1) is 12.2. The molecule has 0 radical (unpaired) electrons. The molecule has 1 saturated heterocycles. The third-order valence-corrected chi connectivity index (χ3v) is 5.99. The maximum atomic E-state index is 14.6. The summed E-state index contributed by atoms with van der Waals surface area (Å²) in [6.07, 6.45) is 3.33. The van der Waals surface area contributed by atoms with Crippen LogP contribution in [0.5, 0.6) is 0 Å². The van der Waals surface area contributed by atoms with Crippen LogP contribution in [0.4, 0.5) is 10.1 Å². The summed E-state index contributed by atoms with van der Waals surface area (Å²) >= 11 is 0. The van der Waals surface area contributed by atoms with Crippen LogP contribution in [-0.4, -0.2) is 23.9 Å². The highest BCUT2D eigenvalue weighted by molar-refractivity contribution is 5.80. The topological polar surface area (TPSA) is 23.6 Å². The van der Waals surface area contributed by atoms with Gasteiger partial charge in [-0.25, -0.2) is 4.39 Å². The highest BCUT2D eigenvalue weighted by Gasteiger charge is 2.42. The van der Waals surface area contributed by atoms with Gasteiger partial charge < -0.3 is 9.80 Å². The van der Waals surface area contributed by atoms with E-state index in [1.807, 2.05) is 17.0 Å². The fourth-order valence-electron chi connectivity index (χ4n) is 4.90. The van der Waals surface area contributed by atoms with E-state index >= 15 is 0 Å². The maximum absolute atomic E-state index is 14.6. The minimum atomic E-state index is -0.146. The van der Waals surface area contributed by atoms with Gasteiger partial charge in [-0.3, -0.25) is 4.79 Å². The molecule has 0 aliphatic carbocycles.